The molecule has 0 aliphatic carbocycles. The van der Waals surface area contributed by atoms with Crippen LogP contribution in [0.15, 0.2) is 36.9 Å². The molecule has 118 valence electrons. The van der Waals surface area contributed by atoms with Crippen LogP contribution in [-0.2, 0) is 16.0 Å². The fourth-order valence-corrected chi connectivity index (χ4v) is 3.24. The van der Waals surface area contributed by atoms with E-state index in [0.717, 1.165) is 12.0 Å². The summed E-state index contributed by atoms with van der Waals surface area (Å²) in [5.74, 6) is -0.172. The number of ether oxygens (including phenoxy) is 1. The molecule has 22 heavy (non-hydrogen) atoms. The summed E-state index contributed by atoms with van der Waals surface area (Å²) < 4.78 is 19.2. The molecule has 0 spiro atoms. The molecule has 4 atom stereocenters. The zero-order chi connectivity index (χ0) is 15.7. The molecule has 4 nitrogen and oxygen atoms in total. The van der Waals surface area contributed by atoms with Gasteiger partial charge in [0.1, 0.15) is 12.3 Å². The van der Waals surface area contributed by atoms with Gasteiger partial charge < -0.3 is 15.4 Å². The second kappa shape index (κ2) is 6.18. The lowest BCUT2D eigenvalue weighted by Gasteiger charge is -2.39. The maximum Gasteiger partial charge on any atom is 0.252 e. The van der Waals surface area contributed by atoms with E-state index in [1.807, 2.05) is 18.2 Å². The second-order valence-electron chi connectivity index (χ2n) is 5.90. The number of carbonyl (C=O) groups excluding carboxylic acids is 1. The van der Waals surface area contributed by atoms with Crippen molar-refractivity contribution in [3.8, 4) is 0 Å². The van der Waals surface area contributed by atoms with E-state index >= 15 is 0 Å². The molecule has 2 aliphatic rings. The number of nitrogens with two attached hydrogens (primary N) is 1. The molecular formula is C17H21FN2O2. The zero-order valence-electron chi connectivity index (χ0n) is 12.5. The van der Waals surface area contributed by atoms with Gasteiger partial charge in [-0.05, 0) is 17.5 Å². The van der Waals surface area contributed by atoms with E-state index < -0.39 is 18.3 Å². The quantitative estimate of drug-likeness (QED) is 0.847. The third-order valence-electron chi connectivity index (χ3n) is 4.51. The highest BCUT2D eigenvalue weighted by Crippen LogP contribution is 2.32. The number of amides is 1. The van der Waals surface area contributed by atoms with Gasteiger partial charge >= 0.3 is 0 Å². The number of fused-ring (bicyclic) bond motifs is 1. The van der Waals surface area contributed by atoms with Crippen LogP contribution in [-0.4, -0.2) is 42.3 Å². The summed E-state index contributed by atoms with van der Waals surface area (Å²) in [4.78, 5) is 14.5. The average Bonchev–Trinajstić information content (AvgIpc) is 2.55. The number of rotatable bonds is 2. The van der Waals surface area contributed by atoms with Gasteiger partial charge in [0, 0.05) is 13.0 Å². The number of halogens is 1. The average molecular weight is 304 g/mol. The van der Waals surface area contributed by atoms with Crippen LogP contribution in [0.5, 0.6) is 0 Å². The van der Waals surface area contributed by atoms with E-state index in [4.69, 9.17) is 10.5 Å². The maximum absolute atomic E-state index is 13.8. The smallest absolute Gasteiger partial charge is 0.252 e. The largest absolute Gasteiger partial charge is 0.367 e. The van der Waals surface area contributed by atoms with Crippen LogP contribution in [0.3, 0.4) is 0 Å². The molecule has 0 unspecified atom stereocenters. The highest BCUT2D eigenvalue weighted by atomic mass is 19.1. The minimum atomic E-state index is -1.19. The van der Waals surface area contributed by atoms with E-state index in [1.165, 1.54) is 5.56 Å². The Bertz CT molecular complexity index is 578. The Labute approximate surface area is 129 Å². The van der Waals surface area contributed by atoms with E-state index in [9.17, 15) is 9.18 Å². The Kier molecular flexibility index (Phi) is 4.27. The summed E-state index contributed by atoms with van der Waals surface area (Å²) in [6.45, 7) is 4.54. The number of hydrogen-bond donors (Lipinski definition) is 1. The number of carbonyl (C=O) groups is 1. The number of hydrogen-bond acceptors (Lipinski definition) is 3. The van der Waals surface area contributed by atoms with Crippen LogP contribution in [0.2, 0.25) is 0 Å². The fourth-order valence-electron chi connectivity index (χ4n) is 3.24. The van der Waals surface area contributed by atoms with Crippen molar-refractivity contribution in [3.05, 3.63) is 48.0 Å². The number of alkyl halides is 1. The van der Waals surface area contributed by atoms with Gasteiger partial charge in [0.25, 0.3) is 5.91 Å². The van der Waals surface area contributed by atoms with Gasteiger partial charge in [0.2, 0.25) is 0 Å². The molecule has 2 aliphatic heterocycles. The molecule has 1 aromatic rings. The van der Waals surface area contributed by atoms with Crippen molar-refractivity contribution >= 4 is 5.91 Å². The van der Waals surface area contributed by atoms with Crippen molar-refractivity contribution in [1.29, 1.82) is 0 Å². The zero-order valence-corrected chi connectivity index (χ0v) is 12.5. The lowest BCUT2D eigenvalue weighted by atomic mass is 9.91. The third-order valence-corrected chi connectivity index (χ3v) is 4.51. The van der Waals surface area contributed by atoms with Gasteiger partial charge in [-0.1, -0.05) is 30.3 Å². The van der Waals surface area contributed by atoms with Crippen LogP contribution in [0.1, 0.15) is 23.6 Å². The van der Waals surface area contributed by atoms with Crippen LogP contribution < -0.4 is 5.73 Å². The Morgan fingerprint density at radius 1 is 1.45 bits per heavy atom. The van der Waals surface area contributed by atoms with Crippen molar-refractivity contribution in [2.45, 2.75) is 37.2 Å². The molecule has 3 rings (SSSR count). The predicted molar refractivity (Wildman–Crippen MR) is 82.0 cm³/mol. The van der Waals surface area contributed by atoms with Gasteiger partial charge in [0.15, 0.2) is 0 Å². The lowest BCUT2D eigenvalue weighted by molar-refractivity contribution is -0.151. The Morgan fingerprint density at radius 2 is 2.23 bits per heavy atom. The van der Waals surface area contributed by atoms with Crippen LogP contribution in [0, 0.1) is 0 Å². The monoisotopic (exact) mass is 304 g/mol. The predicted octanol–water partition coefficient (Wildman–Crippen LogP) is 1.75. The molecule has 0 aromatic heterocycles. The number of nitrogens with zero attached hydrogens (tertiary/aromatic N) is 1. The lowest BCUT2D eigenvalue weighted by Crippen LogP contribution is -2.52. The Hall–Kier alpha value is -1.72. The van der Waals surface area contributed by atoms with Gasteiger partial charge in [0.05, 0.1) is 18.7 Å². The molecule has 0 saturated carbocycles. The number of benzene rings is 1. The Morgan fingerprint density at radius 3 is 2.95 bits per heavy atom. The molecular weight excluding hydrogens is 283 g/mol. The summed E-state index contributed by atoms with van der Waals surface area (Å²) in [5.41, 5.74) is 7.91. The topological polar surface area (TPSA) is 55.6 Å². The first-order valence-corrected chi connectivity index (χ1v) is 7.64. The van der Waals surface area contributed by atoms with Crippen molar-refractivity contribution < 1.29 is 13.9 Å². The fraction of sp³-hybridized carbons (Fsp3) is 0.471. The van der Waals surface area contributed by atoms with Crippen molar-refractivity contribution in [2.24, 2.45) is 5.73 Å². The minimum Gasteiger partial charge on any atom is -0.367 e. The standard InChI is InChI=1S/C17H21FN2O2/c1-2-15-12-6-4-3-5-11(12)7-8-20(15)17(21)16-9-13(18)14(19)10-22-16/h2-6,13-16H,1,7-10,19H2/t13-,14-,15-,16-/m0/s1. The van der Waals surface area contributed by atoms with Gasteiger partial charge in [-0.2, -0.15) is 0 Å². The Balaban J connectivity index is 1.80. The summed E-state index contributed by atoms with van der Waals surface area (Å²) >= 11 is 0. The molecule has 1 aromatic carbocycles. The molecule has 1 fully saturated rings. The SMILES string of the molecule is C=C[C@H]1c2ccccc2CCN1C(=O)[C@@H]1C[C@H](F)[C@@H](N)CO1. The van der Waals surface area contributed by atoms with Gasteiger partial charge in [-0.25, -0.2) is 4.39 Å². The van der Waals surface area contributed by atoms with Gasteiger partial charge in [-0.3, -0.25) is 4.79 Å². The van der Waals surface area contributed by atoms with Crippen molar-refractivity contribution in [2.75, 3.05) is 13.2 Å². The molecule has 2 N–H and O–H groups in total. The van der Waals surface area contributed by atoms with Crippen molar-refractivity contribution in [1.82, 2.24) is 4.90 Å². The van der Waals surface area contributed by atoms with E-state index in [1.54, 1.807) is 11.0 Å². The first-order chi connectivity index (χ1) is 10.6. The van der Waals surface area contributed by atoms with E-state index in [0.29, 0.717) is 6.54 Å². The summed E-state index contributed by atoms with van der Waals surface area (Å²) in [6, 6.07) is 7.21. The molecule has 0 bridgehead atoms. The molecule has 1 amide bonds. The van der Waals surface area contributed by atoms with E-state index in [-0.39, 0.29) is 25.0 Å². The summed E-state index contributed by atoms with van der Waals surface area (Å²) in [6.07, 6.45) is 0.640. The highest BCUT2D eigenvalue weighted by Gasteiger charge is 2.38. The molecule has 2 heterocycles. The summed E-state index contributed by atoms with van der Waals surface area (Å²) in [7, 11) is 0. The molecule has 1 saturated heterocycles. The van der Waals surface area contributed by atoms with Crippen LogP contribution >= 0.6 is 0 Å². The van der Waals surface area contributed by atoms with Crippen LogP contribution in [0.4, 0.5) is 4.39 Å². The molecule has 0 radical (unpaired) electrons. The van der Waals surface area contributed by atoms with E-state index in [2.05, 4.69) is 12.6 Å². The van der Waals surface area contributed by atoms with Crippen molar-refractivity contribution in [3.63, 3.8) is 0 Å². The highest BCUT2D eigenvalue weighted by molar-refractivity contribution is 5.82. The second-order valence-corrected chi connectivity index (χ2v) is 5.90. The first-order valence-electron chi connectivity index (χ1n) is 7.64. The first kappa shape index (κ1) is 15.2. The molecule has 5 heteroatoms. The van der Waals surface area contributed by atoms with Gasteiger partial charge in [-0.15, -0.1) is 6.58 Å². The summed E-state index contributed by atoms with van der Waals surface area (Å²) in [5, 5.41) is 0. The minimum absolute atomic E-state index is 0.0298. The third kappa shape index (κ3) is 2.66. The van der Waals surface area contributed by atoms with Crippen LogP contribution in [0.25, 0.3) is 0 Å². The normalized spacial score (nSPS) is 31.5. The maximum atomic E-state index is 13.8.